The van der Waals surface area contributed by atoms with E-state index >= 15 is 0 Å². The van der Waals surface area contributed by atoms with Crippen molar-refractivity contribution in [1.29, 1.82) is 0 Å². The molecule has 0 saturated heterocycles. The molecule has 0 aliphatic carbocycles. The van der Waals surface area contributed by atoms with Crippen molar-refractivity contribution >= 4 is 22.6 Å². The van der Waals surface area contributed by atoms with Gasteiger partial charge in [0.1, 0.15) is 5.82 Å². The predicted octanol–water partition coefficient (Wildman–Crippen LogP) is 2.89. The second-order valence-electron chi connectivity index (χ2n) is 6.05. The van der Waals surface area contributed by atoms with Crippen LogP contribution >= 0.6 is 0 Å². The highest BCUT2D eigenvalue weighted by atomic mass is 19.1. The van der Waals surface area contributed by atoms with Gasteiger partial charge in [-0.2, -0.15) is 4.68 Å². The van der Waals surface area contributed by atoms with Crippen molar-refractivity contribution in [1.82, 2.24) is 9.78 Å². The molecule has 1 aliphatic heterocycles. The zero-order chi connectivity index (χ0) is 16.9. The second kappa shape index (κ2) is 5.14. The lowest BCUT2D eigenvalue weighted by Crippen LogP contribution is -2.43. The van der Waals surface area contributed by atoms with Crippen molar-refractivity contribution in [3.05, 3.63) is 59.4 Å². The molecule has 24 heavy (non-hydrogen) atoms. The normalized spacial score (nSPS) is 20.1. The number of ether oxygens (including phenoxy) is 1. The fraction of sp³-hybridized carbons (Fsp3) is 0.222. The molecule has 4 rings (SSSR count). The first-order chi connectivity index (χ1) is 11.5. The molecule has 1 aromatic heterocycles. The highest BCUT2D eigenvalue weighted by molar-refractivity contribution is 5.99. The summed E-state index contributed by atoms with van der Waals surface area (Å²) in [5.74, 6) is -0.653. The average molecular weight is 325 g/mol. The predicted molar refractivity (Wildman–Crippen MR) is 88.2 cm³/mol. The third-order valence-electron chi connectivity index (χ3n) is 4.56. The van der Waals surface area contributed by atoms with Gasteiger partial charge < -0.3 is 10.5 Å². The van der Waals surface area contributed by atoms with E-state index in [1.165, 1.54) is 22.9 Å². The van der Waals surface area contributed by atoms with Gasteiger partial charge in [-0.1, -0.05) is 24.3 Å². The quantitative estimate of drug-likeness (QED) is 0.747. The Labute approximate surface area is 137 Å². The molecule has 0 fully saturated rings. The van der Waals surface area contributed by atoms with Gasteiger partial charge in [-0.15, -0.1) is 5.10 Å². The van der Waals surface area contributed by atoms with Crippen LogP contribution in [0.25, 0.3) is 10.9 Å². The summed E-state index contributed by atoms with van der Waals surface area (Å²) in [6, 6.07) is 11.8. The van der Waals surface area contributed by atoms with E-state index in [1.54, 1.807) is 6.92 Å². The fourth-order valence-electron chi connectivity index (χ4n) is 3.29. The van der Waals surface area contributed by atoms with E-state index in [4.69, 9.17) is 10.5 Å². The Morgan fingerprint density at radius 2 is 2.12 bits per heavy atom. The highest BCUT2D eigenvalue weighted by Gasteiger charge is 2.42. The van der Waals surface area contributed by atoms with E-state index in [2.05, 4.69) is 5.10 Å². The molecule has 0 radical (unpaired) electrons. The Balaban J connectivity index is 1.88. The molecule has 2 heterocycles. The van der Waals surface area contributed by atoms with Crippen molar-refractivity contribution < 1.29 is 13.9 Å². The summed E-state index contributed by atoms with van der Waals surface area (Å²) in [6.07, 6.45) is 0.756. The third kappa shape index (κ3) is 2.03. The van der Waals surface area contributed by atoms with Crippen LogP contribution in [0.1, 0.15) is 22.8 Å². The Hall–Kier alpha value is -2.73. The van der Waals surface area contributed by atoms with E-state index in [9.17, 15) is 9.18 Å². The first kappa shape index (κ1) is 14.8. The van der Waals surface area contributed by atoms with Crippen molar-refractivity contribution in [3.8, 4) is 0 Å². The van der Waals surface area contributed by atoms with Gasteiger partial charge in [0.05, 0.1) is 12.1 Å². The van der Waals surface area contributed by atoms with Crippen LogP contribution in [0.3, 0.4) is 0 Å². The minimum absolute atomic E-state index is 0.116. The number of aromatic nitrogens is 2. The molecule has 5 nitrogen and oxygen atoms in total. The summed E-state index contributed by atoms with van der Waals surface area (Å²) in [4.78, 5) is 13.2. The van der Waals surface area contributed by atoms with Crippen LogP contribution in [-0.4, -0.2) is 22.3 Å². The smallest absolute Gasteiger partial charge is 0.284 e. The van der Waals surface area contributed by atoms with E-state index in [0.717, 1.165) is 17.5 Å². The van der Waals surface area contributed by atoms with Crippen molar-refractivity contribution in [2.75, 3.05) is 12.3 Å². The molecule has 1 atom stereocenters. The number of nitrogens with two attached hydrogens (primary N) is 1. The third-order valence-corrected chi connectivity index (χ3v) is 4.56. The van der Waals surface area contributed by atoms with Crippen LogP contribution in [0.2, 0.25) is 0 Å². The second-order valence-corrected chi connectivity index (χ2v) is 6.05. The molecule has 3 aromatic rings. The van der Waals surface area contributed by atoms with E-state index in [1.807, 2.05) is 24.3 Å². The van der Waals surface area contributed by atoms with Crippen LogP contribution in [-0.2, 0) is 16.8 Å². The highest BCUT2D eigenvalue weighted by Crippen LogP contribution is 2.35. The molecule has 6 heteroatoms. The number of carbonyl (C=O) groups excluding carboxylic acids is 1. The van der Waals surface area contributed by atoms with Crippen molar-refractivity contribution in [2.45, 2.75) is 18.9 Å². The minimum atomic E-state index is -1.16. The van der Waals surface area contributed by atoms with Gasteiger partial charge in [0.2, 0.25) is 0 Å². The molecule has 2 aromatic carbocycles. The molecular weight excluding hydrogens is 309 g/mol. The minimum Gasteiger partial charge on any atom is -0.382 e. The first-order valence-electron chi connectivity index (χ1n) is 7.71. The topological polar surface area (TPSA) is 70.1 Å². The van der Waals surface area contributed by atoms with Crippen LogP contribution in [0.5, 0.6) is 0 Å². The van der Waals surface area contributed by atoms with E-state index in [-0.39, 0.29) is 11.7 Å². The van der Waals surface area contributed by atoms with Gasteiger partial charge in [-0.25, -0.2) is 4.39 Å². The summed E-state index contributed by atoms with van der Waals surface area (Å²) in [5.41, 5.74) is 7.07. The molecule has 1 unspecified atom stereocenters. The number of anilines is 1. The van der Waals surface area contributed by atoms with Gasteiger partial charge >= 0.3 is 0 Å². The Morgan fingerprint density at radius 3 is 2.96 bits per heavy atom. The zero-order valence-corrected chi connectivity index (χ0v) is 13.1. The number of hydrogen-bond acceptors (Lipinski definition) is 4. The Morgan fingerprint density at radius 1 is 1.33 bits per heavy atom. The maximum Gasteiger partial charge on any atom is 0.284 e. The number of rotatable bonds is 1. The number of nitrogens with zero attached hydrogens (tertiary/aromatic N) is 2. The largest absolute Gasteiger partial charge is 0.382 e. The monoisotopic (exact) mass is 325 g/mol. The number of carbonyl (C=O) groups is 1. The molecular formula is C18H16FN3O2. The molecule has 0 spiro atoms. The van der Waals surface area contributed by atoms with Gasteiger partial charge in [0.25, 0.3) is 5.91 Å². The van der Waals surface area contributed by atoms with E-state index < -0.39 is 11.4 Å². The van der Waals surface area contributed by atoms with Gasteiger partial charge in [0, 0.05) is 5.39 Å². The Bertz CT molecular complexity index is 966. The van der Waals surface area contributed by atoms with E-state index in [0.29, 0.717) is 17.5 Å². The molecule has 2 N–H and O–H groups in total. The number of nitrogen functional groups attached to an aromatic ring is 1. The lowest BCUT2D eigenvalue weighted by atomic mass is 9.87. The fourth-order valence-corrected chi connectivity index (χ4v) is 3.29. The maximum absolute atomic E-state index is 13.5. The van der Waals surface area contributed by atoms with Gasteiger partial charge in [-0.05, 0) is 42.7 Å². The maximum atomic E-state index is 13.5. The lowest BCUT2D eigenvalue weighted by Gasteiger charge is -2.34. The summed E-state index contributed by atoms with van der Waals surface area (Å²) < 4.78 is 20.5. The van der Waals surface area contributed by atoms with Crippen LogP contribution < -0.4 is 5.73 Å². The standard InChI is InChI=1S/C18H16FN3O2/c1-18(14-5-3-2-4-11(14)8-9-24-18)17(23)22-15-7-6-12(19)10-13(15)16(20)21-22/h2-7,10H,8-9H2,1H3,(H2,20,21). The first-order valence-corrected chi connectivity index (χ1v) is 7.71. The molecule has 122 valence electrons. The molecule has 0 saturated carbocycles. The Kier molecular flexibility index (Phi) is 3.18. The van der Waals surface area contributed by atoms with Crippen molar-refractivity contribution in [3.63, 3.8) is 0 Å². The lowest BCUT2D eigenvalue weighted by molar-refractivity contribution is -0.0330. The van der Waals surface area contributed by atoms with Crippen LogP contribution in [0, 0.1) is 5.82 Å². The number of fused-ring (bicyclic) bond motifs is 2. The average Bonchev–Trinajstić information content (AvgIpc) is 2.91. The van der Waals surface area contributed by atoms with Gasteiger partial charge in [-0.3, -0.25) is 4.79 Å². The molecule has 0 bridgehead atoms. The number of benzene rings is 2. The SMILES string of the molecule is CC1(C(=O)n2nc(N)c3cc(F)ccc32)OCCc2ccccc21. The summed E-state index contributed by atoms with van der Waals surface area (Å²) in [7, 11) is 0. The summed E-state index contributed by atoms with van der Waals surface area (Å²) in [6.45, 7) is 2.18. The number of halogens is 1. The van der Waals surface area contributed by atoms with Crippen molar-refractivity contribution in [2.24, 2.45) is 0 Å². The summed E-state index contributed by atoms with van der Waals surface area (Å²) >= 11 is 0. The molecule has 1 aliphatic rings. The zero-order valence-electron chi connectivity index (χ0n) is 13.1. The van der Waals surface area contributed by atoms with Crippen LogP contribution in [0.4, 0.5) is 10.2 Å². The number of hydrogen-bond donors (Lipinski definition) is 1. The van der Waals surface area contributed by atoms with Gasteiger partial charge in [0.15, 0.2) is 11.4 Å². The summed E-state index contributed by atoms with van der Waals surface area (Å²) in [5, 5.41) is 4.54. The molecule has 0 amide bonds. The van der Waals surface area contributed by atoms with Crippen LogP contribution in [0.15, 0.2) is 42.5 Å².